The zero-order chi connectivity index (χ0) is 23.9. The van der Waals surface area contributed by atoms with Crippen LogP contribution in [0.2, 0.25) is 0 Å². The van der Waals surface area contributed by atoms with Crippen LogP contribution in [0, 0.1) is 0 Å². The smallest absolute Gasteiger partial charge is 0.253 e. The molecular weight excluding hydrogens is 436 g/mol. The molecule has 35 heavy (non-hydrogen) atoms. The Morgan fingerprint density at radius 1 is 0.686 bits per heavy atom. The van der Waals surface area contributed by atoms with Gasteiger partial charge in [-0.3, -0.25) is 14.4 Å². The molecule has 2 heterocycles. The van der Waals surface area contributed by atoms with E-state index in [9.17, 15) is 14.4 Å². The van der Waals surface area contributed by atoms with Crippen molar-refractivity contribution in [1.29, 1.82) is 0 Å². The molecule has 0 unspecified atom stereocenters. The zero-order valence-electron chi connectivity index (χ0n) is 18.9. The molecule has 0 spiro atoms. The molecule has 5 heteroatoms. The number of pyridine rings is 1. The number of nitrogens with one attached hydrogen (secondary N) is 1. The SMILES string of the molecule is O=C(c1ccccc1)c1ccn2c(C(=O)c3ccc4ccccc4c3)cc(C(=O)NC3CC3)c2c1. The molecule has 0 bridgehead atoms. The number of carbonyl (C=O) groups is 3. The lowest BCUT2D eigenvalue weighted by Crippen LogP contribution is -2.25. The second kappa shape index (κ2) is 8.37. The lowest BCUT2D eigenvalue weighted by atomic mass is 10.0. The third kappa shape index (κ3) is 3.91. The van der Waals surface area contributed by atoms with Crippen molar-refractivity contribution in [2.45, 2.75) is 18.9 Å². The van der Waals surface area contributed by atoms with E-state index in [1.165, 1.54) is 0 Å². The van der Waals surface area contributed by atoms with Crippen molar-refractivity contribution in [1.82, 2.24) is 9.72 Å². The summed E-state index contributed by atoms with van der Waals surface area (Å²) in [6, 6.07) is 27.7. The van der Waals surface area contributed by atoms with Crippen LogP contribution in [0.4, 0.5) is 0 Å². The van der Waals surface area contributed by atoms with Gasteiger partial charge in [0.1, 0.15) is 0 Å². The number of amides is 1. The zero-order valence-corrected chi connectivity index (χ0v) is 18.9. The maximum Gasteiger partial charge on any atom is 0.253 e. The minimum Gasteiger partial charge on any atom is -0.349 e. The molecule has 0 saturated heterocycles. The standard InChI is InChI=1S/C30H22N2O3/c33-28(20-7-2-1-3-8-20)23-14-15-32-26(17-23)25(30(35)31-24-12-13-24)18-27(32)29(34)22-11-10-19-6-4-5-9-21(19)16-22/h1-11,14-18,24H,12-13H2,(H,31,35). The van der Waals surface area contributed by atoms with Gasteiger partial charge in [-0.2, -0.15) is 0 Å². The lowest BCUT2D eigenvalue weighted by Gasteiger charge is -2.07. The van der Waals surface area contributed by atoms with E-state index in [4.69, 9.17) is 0 Å². The van der Waals surface area contributed by atoms with E-state index >= 15 is 0 Å². The molecule has 1 fully saturated rings. The Hall–Kier alpha value is -4.51. The molecular formula is C30H22N2O3. The van der Waals surface area contributed by atoms with Crippen LogP contribution in [0.3, 0.4) is 0 Å². The molecule has 1 amide bonds. The molecule has 1 aliphatic carbocycles. The highest BCUT2D eigenvalue weighted by molar-refractivity contribution is 6.14. The van der Waals surface area contributed by atoms with Gasteiger partial charge >= 0.3 is 0 Å². The fraction of sp³-hybridized carbons (Fsp3) is 0.100. The van der Waals surface area contributed by atoms with Crippen LogP contribution in [0.1, 0.15) is 55.2 Å². The van der Waals surface area contributed by atoms with Crippen molar-refractivity contribution in [3.63, 3.8) is 0 Å². The number of hydrogen-bond donors (Lipinski definition) is 1. The van der Waals surface area contributed by atoms with Crippen molar-refractivity contribution in [2.24, 2.45) is 0 Å². The normalized spacial score (nSPS) is 13.1. The number of fused-ring (bicyclic) bond motifs is 2. The maximum absolute atomic E-state index is 13.6. The van der Waals surface area contributed by atoms with E-state index in [1.807, 2.05) is 54.6 Å². The summed E-state index contributed by atoms with van der Waals surface area (Å²) in [4.78, 5) is 39.8. The Bertz CT molecular complexity index is 1630. The average molecular weight is 459 g/mol. The van der Waals surface area contributed by atoms with Crippen molar-refractivity contribution in [3.8, 4) is 0 Å². The number of aromatic nitrogens is 1. The number of rotatable bonds is 6. The van der Waals surface area contributed by atoms with Crippen molar-refractivity contribution in [3.05, 3.63) is 125 Å². The van der Waals surface area contributed by atoms with Gasteiger partial charge in [-0.15, -0.1) is 0 Å². The largest absolute Gasteiger partial charge is 0.349 e. The molecule has 1 saturated carbocycles. The van der Waals surface area contributed by atoms with Crippen molar-refractivity contribution in [2.75, 3.05) is 0 Å². The molecule has 1 N–H and O–H groups in total. The third-order valence-corrected chi connectivity index (χ3v) is 6.47. The van der Waals surface area contributed by atoms with Crippen LogP contribution >= 0.6 is 0 Å². The first kappa shape index (κ1) is 21.1. The summed E-state index contributed by atoms with van der Waals surface area (Å²) in [6.07, 6.45) is 3.62. The molecule has 0 aliphatic heterocycles. The molecule has 3 aromatic carbocycles. The predicted molar refractivity (Wildman–Crippen MR) is 135 cm³/mol. The maximum atomic E-state index is 13.6. The second-order valence-corrected chi connectivity index (χ2v) is 8.95. The number of hydrogen-bond acceptors (Lipinski definition) is 3. The quantitative estimate of drug-likeness (QED) is 0.344. The predicted octanol–water partition coefficient (Wildman–Crippen LogP) is 5.45. The number of carbonyl (C=O) groups excluding carboxylic acids is 3. The molecule has 5 nitrogen and oxygen atoms in total. The highest BCUT2D eigenvalue weighted by Gasteiger charge is 2.27. The van der Waals surface area contributed by atoms with Crippen LogP contribution in [-0.2, 0) is 0 Å². The van der Waals surface area contributed by atoms with E-state index in [2.05, 4.69) is 5.32 Å². The van der Waals surface area contributed by atoms with E-state index in [1.54, 1.807) is 47.0 Å². The van der Waals surface area contributed by atoms with E-state index in [-0.39, 0.29) is 23.5 Å². The van der Waals surface area contributed by atoms with Crippen molar-refractivity contribution >= 4 is 33.8 Å². The first-order valence-electron chi connectivity index (χ1n) is 11.7. The fourth-order valence-corrected chi connectivity index (χ4v) is 4.42. The summed E-state index contributed by atoms with van der Waals surface area (Å²) in [5.74, 6) is -0.546. The van der Waals surface area contributed by atoms with E-state index < -0.39 is 0 Å². The Morgan fingerprint density at radius 2 is 1.40 bits per heavy atom. The molecule has 0 radical (unpaired) electrons. The van der Waals surface area contributed by atoms with Crippen molar-refractivity contribution < 1.29 is 14.4 Å². The Balaban J connectivity index is 1.46. The second-order valence-electron chi connectivity index (χ2n) is 8.95. The topological polar surface area (TPSA) is 67.6 Å². The summed E-state index contributed by atoms with van der Waals surface area (Å²) in [5, 5.41) is 5.04. The lowest BCUT2D eigenvalue weighted by molar-refractivity contribution is 0.0951. The third-order valence-electron chi connectivity index (χ3n) is 6.47. The van der Waals surface area contributed by atoms with Gasteiger partial charge < -0.3 is 9.72 Å². The number of nitrogens with zero attached hydrogens (tertiary/aromatic N) is 1. The summed E-state index contributed by atoms with van der Waals surface area (Å²) >= 11 is 0. The molecule has 5 aromatic rings. The highest BCUT2D eigenvalue weighted by atomic mass is 16.2. The molecule has 6 rings (SSSR count). The summed E-state index contributed by atoms with van der Waals surface area (Å²) in [7, 11) is 0. The van der Waals surface area contributed by atoms with E-state index in [0.717, 1.165) is 23.6 Å². The van der Waals surface area contributed by atoms with Gasteiger partial charge in [0.25, 0.3) is 5.91 Å². The molecule has 1 aliphatic rings. The first-order valence-corrected chi connectivity index (χ1v) is 11.7. The summed E-state index contributed by atoms with van der Waals surface area (Å²) in [5.41, 5.74) is 2.89. The molecule has 2 aromatic heterocycles. The van der Waals surface area contributed by atoms with Gasteiger partial charge in [-0.1, -0.05) is 66.7 Å². The van der Waals surface area contributed by atoms with Crippen LogP contribution in [0.25, 0.3) is 16.3 Å². The van der Waals surface area contributed by atoms with Gasteiger partial charge in [0, 0.05) is 28.9 Å². The van der Waals surface area contributed by atoms with Crippen LogP contribution < -0.4 is 5.32 Å². The first-order chi connectivity index (χ1) is 17.1. The van der Waals surface area contributed by atoms with Gasteiger partial charge in [-0.05, 0) is 47.9 Å². The van der Waals surface area contributed by atoms with E-state index in [0.29, 0.717) is 33.5 Å². The van der Waals surface area contributed by atoms with Gasteiger partial charge in [0.05, 0.1) is 16.8 Å². The Kier molecular flexibility index (Phi) is 5.03. The minimum atomic E-state index is -0.230. The van der Waals surface area contributed by atoms with Gasteiger partial charge in [0.2, 0.25) is 5.78 Å². The monoisotopic (exact) mass is 458 g/mol. The summed E-state index contributed by atoms with van der Waals surface area (Å²) in [6.45, 7) is 0. The fourth-order valence-electron chi connectivity index (χ4n) is 4.42. The number of benzene rings is 3. The van der Waals surface area contributed by atoms with Gasteiger partial charge in [0.15, 0.2) is 5.78 Å². The molecule has 170 valence electrons. The Morgan fingerprint density at radius 3 is 2.17 bits per heavy atom. The highest BCUT2D eigenvalue weighted by Crippen LogP contribution is 2.26. The summed E-state index contributed by atoms with van der Waals surface area (Å²) < 4.78 is 1.71. The van der Waals surface area contributed by atoms with Gasteiger partial charge in [-0.25, -0.2) is 0 Å². The number of ketones is 2. The van der Waals surface area contributed by atoms with Crippen LogP contribution in [-0.4, -0.2) is 27.9 Å². The van der Waals surface area contributed by atoms with Crippen LogP contribution in [0.5, 0.6) is 0 Å². The Labute approximate surface area is 202 Å². The average Bonchev–Trinajstić information content (AvgIpc) is 3.64. The molecule has 0 atom stereocenters. The van der Waals surface area contributed by atoms with Crippen LogP contribution in [0.15, 0.2) is 97.2 Å². The minimum absolute atomic E-state index is 0.134.